The number of sulfone groups is 1. The molecule has 1 aromatic rings. The van der Waals surface area contributed by atoms with Gasteiger partial charge in [-0.25, -0.2) is 13.5 Å². The zero-order valence-electron chi connectivity index (χ0n) is 15.4. The highest BCUT2D eigenvalue weighted by molar-refractivity contribution is 7.92. The van der Waals surface area contributed by atoms with Crippen LogP contribution in [0.3, 0.4) is 0 Å². The van der Waals surface area contributed by atoms with Crippen molar-refractivity contribution in [3.63, 3.8) is 0 Å². The molecule has 26 heavy (non-hydrogen) atoms. The van der Waals surface area contributed by atoms with Gasteiger partial charge in [0.05, 0.1) is 23.2 Å². The Bertz CT molecular complexity index is 721. The summed E-state index contributed by atoms with van der Waals surface area (Å²) in [5, 5.41) is 1.02. The van der Waals surface area contributed by atoms with Gasteiger partial charge in [-0.1, -0.05) is 12.1 Å². The Labute approximate surface area is 155 Å². The highest BCUT2D eigenvalue weighted by Crippen LogP contribution is 2.35. The molecular weight excluding hydrogens is 354 g/mol. The van der Waals surface area contributed by atoms with E-state index in [9.17, 15) is 13.2 Å². The first kappa shape index (κ1) is 19.3. The van der Waals surface area contributed by atoms with Gasteiger partial charge in [-0.3, -0.25) is 9.63 Å². The fourth-order valence-electron chi connectivity index (χ4n) is 3.46. The van der Waals surface area contributed by atoms with Gasteiger partial charge in [-0.2, -0.15) is 0 Å². The van der Waals surface area contributed by atoms with Gasteiger partial charge in [-0.05, 0) is 55.7 Å². The minimum absolute atomic E-state index is 0.114. The second-order valence-electron chi connectivity index (χ2n) is 7.18. The summed E-state index contributed by atoms with van der Waals surface area (Å²) in [4.78, 5) is 18.2. The molecule has 1 saturated heterocycles. The smallest absolute Gasteiger partial charge is 0.253 e. The van der Waals surface area contributed by atoms with Crippen molar-refractivity contribution in [2.75, 3.05) is 27.4 Å². The van der Waals surface area contributed by atoms with Crippen LogP contribution in [0.4, 0.5) is 0 Å². The lowest BCUT2D eigenvalue weighted by atomic mass is 9.84. The Morgan fingerprint density at radius 1 is 1.19 bits per heavy atom. The first-order chi connectivity index (χ1) is 12.4. The molecule has 1 heterocycles. The van der Waals surface area contributed by atoms with E-state index in [4.69, 9.17) is 9.57 Å². The molecule has 2 fully saturated rings. The fraction of sp³-hybridized carbons (Fsp3) is 0.632. The van der Waals surface area contributed by atoms with Crippen molar-refractivity contribution in [3.05, 3.63) is 29.8 Å². The molecule has 0 N–H and O–H groups in total. The molecular formula is C19H27NO5S. The average molecular weight is 381 g/mol. The lowest BCUT2D eigenvalue weighted by Gasteiger charge is -2.28. The van der Waals surface area contributed by atoms with Crippen LogP contribution in [0.15, 0.2) is 29.2 Å². The van der Waals surface area contributed by atoms with E-state index in [1.807, 2.05) is 0 Å². The van der Waals surface area contributed by atoms with Crippen LogP contribution in [0.5, 0.6) is 0 Å². The minimum atomic E-state index is -3.21. The van der Waals surface area contributed by atoms with Crippen molar-refractivity contribution < 1.29 is 22.8 Å². The number of hydrogen-bond acceptors (Lipinski definition) is 5. The fourth-order valence-corrected chi connectivity index (χ4v) is 5.12. The van der Waals surface area contributed by atoms with Gasteiger partial charge in [0.15, 0.2) is 9.84 Å². The van der Waals surface area contributed by atoms with Gasteiger partial charge in [0, 0.05) is 20.3 Å². The van der Waals surface area contributed by atoms with Crippen LogP contribution < -0.4 is 0 Å². The van der Waals surface area contributed by atoms with Crippen LogP contribution in [0, 0.1) is 5.92 Å². The molecule has 1 amide bonds. The van der Waals surface area contributed by atoms with Crippen molar-refractivity contribution in [3.8, 4) is 0 Å². The minimum Gasteiger partial charge on any atom is -0.381 e. The van der Waals surface area contributed by atoms with Gasteiger partial charge < -0.3 is 4.74 Å². The molecule has 1 aliphatic carbocycles. The van der Waals surface area contributed by atoms with Crippen LogP contribution >= 0.6 is 0 Å². The van der Waals surface area contributed by atoms with Crippen molar-refractivity contribution in [2.24, 2.45) is 5.92 Å². The summed E-state index contributed by atoms with van der Waals surface area (Å²) in [6.45, 7) is 1.45. The number of amides is 1. The molecule has 0 radical (unpaired) electrons. The molecule has 7 heteroatoms. The number of hydrogen-bond donors (Lipinski definition) is 0. The Morgan fingerprint density at radius 3 is 2.35 bits per heavy atom. The van der Waals surface area contributed by atoms with Crippen molar-refractivity contribution in [1.29, 1.82) is 0 Å². The number of carbonyl (C=O) groups is 1. The summed E-state index contributed by atoms with van der Waals surface area (Å²) in [6.07, 6.45) is 4.08. The van der Waals surface area contributed by atoms with E-state index in [0.717, 1.165) is 44.5 Å². The largest absolute Gasteiger partial charge is 0.381 e. The highest BCUT2D eigenvalue weighted by atomic mass is 32.2. The van der Waals surface area contributed by atoms with Gasteiger partial charge in [0.2, 0.25) is 0 Å². The molecule has 0 bridgehead atoms. The van der Waals surface area contributed by atoms with E-state index in [1.165, 1.54) is 12.2 Å². The van der Waals surface area contributed by atoms with Crippen LogP contribution in [0.25, 0.3) is 0 Å². The van der Waals surface area contributed by atoms with Gasteiger partial charge in [0.1, 0.15) is 0 Å². The lowest BCUT2D eigenvalue weighted by molar-refractivity contribution is -0.171. The SMILES string of the molecule is CON(C)C(=O)C(CC1CCOCC1)c1ccc(S(=O)(=O)C2CC2)cc1. The van der Waals surface area contributed by atoms with Crippen molar-refractivity contribution >= 4 is 15.7 Å². The van der Waals surface area contributed by atoms with Crippen molar-refractivity contribution in [2.45, 2.75) is 48.2 Å². The predicted molar refractivity (Wildman–Crippen MR) is 97.3 cm³/mol. The Balaban J connectivity index is 1.81. The third-order valence-corrected chi connectivity index (χ3v) is 7.64. The lowest BCUT2D eigenvalue weighted by Crippen LogP contribution is -2.32. The van der Waals surface area contributed by atoms with E-state index in [2.05, 4.69) is 0 Å². The van der Waals surface area contributed by atoms with E-state index >= 15 is 0 Å². The molecule has 2 aliphatic rings. The highest BCUT2D eigenvalue weighted by Gasteiger charge is 2.37. The van der Waals surface area contributed by atoms with Crippen LogP contribution in [-0.4, -0.2) is 52.0 Å². The molecule has 1 aromatic carbocycles. The van der Waals surface area contributed by atoms with E-state index in [1.54, 1.807) is 31.3 Å². The molecule has 144 valence electrons. The Hall–Kier alpha value is -1.44. The van der Waals surface area contributed by atoms with Gasteiger partial charge in [-0.15, -0.1) is 0 Å². The first-order valence-corrected chi connectivity index (χ1v) is 10.7. The third kappa shape index (κ3) is 4.27. The van der Waals surface area contributed by atoms with Crippen LogP contribution in [0.1, 0.15) is 43.6 Å². The second kappa shape index (κ2) is 8.06. The Kier molecular flexibility index (Phi) is 5.99. The van der Waals surface area contributed by atoms with Gasteiger partial charge >= 0.3 is 0 Å². The molecule has 6 nitrogen and oxygen atoms in total. The molecule has 1 unspecified atom stereocenters. The zero-order chi connectivity index (χ0) is 18.7. The summed E-state index contributed by atoms with van der Waals surface area (Å²) >= 11 is 0. The summed E-state index contributed by atoms with van der Waals surface area (Å²) in [6, 6.07) is 6.83. The van der Waals surface area contributed by atoms with E-state index in [-0.39, 0.29) is 17.1 Å². The molecule has 3 rings (SSSR count). The maximum atomic E-state index is 12.8. The monoisotopic (exact) mass is 381 g/mol. The number of rotatable bonds is 7. The Morgan fingerprint density at radius 2 is 1.81 bits per heavy atom. The number of carbonyl (C=O) groups excluding carboxylic acids is 1. The van der Waals surface area contributed by atoms with E-state index < -0.39 is 9.84 Å². The normalized spacial score (nSPS) is 19.9. The number of ether oxygens (including phenoxy) is 1. The quantitative estimate of drug-likeness (QED) is 0.679. The number of nitrogens with zero attached hydrogens (tertiary/aromatic N) is 1. The summed E-state index contributed by atoms with van der Waals surface area (Å²) in [5.41, 5.74) is 0.833. The molecule has 1 aliphatic heterocycles. The summed E-state index contributed by atoms with van der Waals surface area (Å²) in [7, 11) is -0.144. The zero-order valence-corrected chi connectivity index (χ0v) is 16.2. The summed E-state index contributed by atoms with van der Waals surface area (Å²) in [5.74, 6) is -0.0460. The van der Waals surface area contributed by atoms with Crippen LogP contribution in [-0.2, 0) is 24.2 Å². The predicted octanol–water partition coefficient (Wildman–Crippen LogP) is 2.54. The molecule has 0 spiro atoms. The molecule has 1 saturated carbocycles. The number of likely N-dealkylation sites (N-methyl/N-ethyl adjacent to an activating group) is 1. The number of benzene rings is 1. The van der Waals surface area contributed by atoms with Crippen molar-refractivity contribution in [1.82, 2.24) is 5.06 Å². The number of hydroxylamine groups is 2. The standard InChI is InChI=1S/C19H27NO5S/c1-20(24-2)19(21)18(13-14-9-11-25-12-10-14)15-3-5-16(6-4-15)26(22,23)17-7-8-17/h3-6,14,17-18H,7-13H2,1-2H3. The molecule has 1 atom stereocenters. The van der Waals surface area contributed by atoms with Gasteiger partial charge in [0.25, 0.3) is 5.91 Å². The molecule has 0 aromatic heterocycles. The van der Waals surface area contributed by atoms with Crippen LogP contribution in [0.2, 0.25) is 0 Å². The third-order valence-electron chi connectivity index (χ3n) is 5.37. The maximum absolute atomic E-state index is 12.8. The summed E-state index contributed by atoms with van der Waals surface area (Å²) < 4.78 is 30.2. The topological polar surface area (TPSA) is 72.9 Å². The second-order valence-corrected chi connectivity index (χ2v) is 9.40. The first-order valence-electron chi connectivity index (χ1n) is 9.16. The maximum Gasteiger partial charge on any atom is 0.253 e. The average Bonchev–Trinajstić information content (AvgIpc) is 3.52. The van der Waals surface area contributed by atoms with E-state index in [0.29, 0.717) is 17.2 Å².